The highest BCUT2D eigenvalue weighted by atomic mass is 16.1. The van der Waals surface area contributed by atoms with Crippen LogP contribution in [0.5, 0.6) is 0 Å². The maximum Gasteiger partial charge on any atom is 0.251 e. The molecule has 1 heterocycles. The van der Waals surface area contributed by atoms with Gasteiger partial charge in [0, 0.05) is 12.1 Å². The van der Waals surface area contributed by atoms with Crippen molar-refractivity contribution in [3.8, 4) is 0 Å². The number of carbonyl (C=O) groups is 1. The highest BCUT2D eigenvalue weighted by Gasteiger charge is 2.14. The Hall–Kier alpha value is -2.13. The van der Waals surface area contributed by atoms with Crippen molar-refractivity contribution in [1.82, 2.24) is 10.2 Å². The molecular weight excluding hydrogens is 308 g/mol. The van der Waals surface area contributed by atoms with Crippen LogP contribution in [0.2, 0.25) is 0 Å². The van der Waals surface area contributed by atoms with Gasteiger partial charge in [-0.15, -0.1) is 0 Å². The predicted octanol–water partition coefficient (Wildman–Crippen LogP) is 4.39. The summed E-state index contributed by atoms with van der Waals surface area (Å²) in [6.07, 6.45) is 2.60. The molecule has 1 saturated heterocycles. The van der Waals surface area contributed by atoms with E-state index in [4.69, 9.17) is 0 Å². The zero-order chi connectivity index (χ0) is 17.8. The zero-order valence-electron chi connectivity index (χ0n) is 15.5. The smallest absolute Gasteiger partial charge is 0.251 e. The summed E-state index contributed by atoms with van der Waals surface area (Å²) in [5.74, 6) is -0.0137. The average molecular weight is 336 g/mol. The molecule has 0 spiro atoms. The van der Waals surface area contributed by atoms with Gasteiger partial charge >= 0.3 is 0 Å². The molecule has 25 heavy (non-hydrogen) atoms. The van der Waals surface area contributed by atoms with Gasteiger partial charge in [-0.1, -0.05) is 35.9 Å². The fourth-order valence-corrected chi connectivity index (χ4v) is 3.63. The normalized spacial score (nSPS) is 16.0. The number of benzene rings is 2. The minimum absolute atomic E-state index is 0.00243. The molecule has 0 bridgehead atoms. The summed E-state index contributed by atoms with van der Waals surface area (Å²) in [7, 11) is 0. The Morgan fingerprint density at radius 2 is 1.76 bits per heavy atom. The Labute approximate surface area is 151 Å². The first kappa shape index (κ1) is 17.7. The van der Waals surface area contributed by atoms with Gasteiger partial charge in [0.25, 0.3) is 5.91 Å². The lowest BCUT2D eigenvalue weighted by Crippen LogP contribution is -2.27. The summed E-state index contributed by atoms with van der Waals surface area (Å²) in [6.45, 7) is 9.59. The summed E-state index contributed by atoms with van der Waals surface area (Å²) < 4.78 is 0. The molecule has 132 valence electrons. The molecule has 0 aromatic heterocycles. The van der Waals surface area contributed by atoms with E-state index in [0.717, 1.165) is 12.1 Å². The van der Waals surface area contributed by atoms with Crippen molar-refractivity contribution >= 4 is 5.91 Å². The first-order chi connectivity index (χ1) is 12.0. The van der Waals surface area contributed by atoms with E-state index >= 15 is 0 Å². The molecule has 1 aliphatic heterocycles. The molecule has 2 aromatic carbocycles. The number of rotatable bonds is 5. The van der Waals surface area contributed by atoms with E-state index in [0.29, 0.717) is 0 Å². The number of nitrogens with zero attached hydrogens (tertiary/aromatic N) is 1. The molecule has 3 heteroatoms. The number of hydrogen-bond acceptors (Lipinski definition) is 2. The summed E-state index contributed by atoms with van der Waals surface area (Å²) in [4.78, 5) is 15.0. The topological polar surface area (TPSA) is 32.3 Å². The van der Waals surface area contributed by atoms with E-state index < -0.39 is 0 Å². The van der Waals surface area contributed by atoms with E-state index in [1.807, 2.05) is 19.1 Å². The molecule has 1 fully saturated rings. The van der Waals surface area contributed by atoms with Crippen LogP contribution in [0.1, 0.15) is 58.4 Å². The molecule has 1 aliphatic rings. The summed E-state index contributed by atoms with van der Waals surface area (Å²) in [5, 5.41) is 3.12. The Bertz CT molecular complexity index is 730. The van der Waals surface area contributed by atoms with Crippen LogP contribution in [0, 0.1) is 13.8 Å². The number of likely N-dealkylation sites (tertiary alicyclic amines) is 1. The molecule has 3 rings (SSSR count). The van der Waals surface area contributed by atoms with Crippen LogP contribution in [0.15, 0.2) is 42.5 Å². The third-order valence-electron chi connectivity index (χ3n) is 5.06. The van der Waals surface area contributed by atoms with Crippen LogP contribution in [0.4, 0.5) is 0 Å². The molecule has 1 atom stereocenters. The lowest BCUT2D eigenvalue weighted by Gasteiger charge is -2.18. The maximum atomic E-state index is 12.5. The van der Waals surface area contributed by atoms with Crippen molar-refractivity contribution in [2.45, 2.75) is 46.2 Å². The lowest BCUT2D eigenvalue weighted by atomic mass is 10.00. The Balaban J connectivity index is 1.62. The van der Waals surface area contributed by atoms with E-state index in [1.54, 1.807) is 0 Å². The van der Waals surface area contributed by atoms with Gasteiger partial charge < -0.3 is 5.32 Å². The minimum atomic E-state index is -0.0137. The number of nitrogens with one attached hydrogen (secondary N) is 1. The van der Waals surface area contributed by atoms with E-state index in [9.17, 15) is 4.79 Å². The highest BCUT2D eigenvalue weighted by Crippen LogP contribution is 2.19. The van der Waals surface area contributed by atoms with Crippen LogP contribution in [-0.4, -0.2) is 23.9 Å². The molecule has 3 nitrogen and oxygen atoms in total. The van der Waals surface area contributed by atoms with Gasteiger partial charge in [0.15, 0.2) is 0 Å². The second-order valence-electron chi connectivity index (χ2n) is 7.24. The fourth-order valence-electron chi connectivity index (χ4n) is 3.63. The fraction of sp³-hybridized carbons (Fsp3) is 0.409. The largest absolute Gasteiger partial charge is 0.346 e. The van der Waals surface area contributed by atoms with Crippen LogP contribution in [0.25, 0.3) is 0 Å². The molecule has 2 aromatic rings. The van der Waals surface area contributed by atoms with Crippen molar-refractivity contribution in [3.63, 3.8) is 0 Å². The molecule has 0 aliphatic carbocycles. The van der Waals surface area contributed by atoms with E-state index in [2.05, 4.69) is 54.4 Å². The second-order valence-corrected chi connectivity index (χ2v) is 7.24. The molecule has 0 saturated carbocycles. The summed E-state index contributed by atoms with van der Waals surface area (Å²) in [6, 6.07) is 14.4. The van der Waals surface area contributed by atoms with Gasteiger partial charge in [-0.05, 0) is 75.5 Å². The molecule has 1 N–H and O–H groups in total. The van der Waals surface area contributed by atoms with Gasteiger partial charge in [0.2, 0.25) is 0 Å². The Morgan fingerprint density at radius 3 is 2.40 bits per heavy atom. The predicted molar refractivity (Wildman–Crippen MR) is 103 cm³/mol. The Morgan fingerprint density at radius 1 is 1.08 bits per heavy atom. The number of aryl methyl sites for hydroxylation is 2. The van der Waals surface area contributed by atoms with Crippen molar-refractivity contribution < 1.29 is 4.79 Å². The molecule has 0 radical (unpaired) electrons. The third kappa shape index (κ3) is 4.49. The van der Waals surface area contributed by atoms with Crippen molar-refractivity contribution in [2.75, 3.05) is 13.1 Å². The standard InChI is InChI=1S/C22H28N2O/c1-16-6-11-21(17(2)14-16)18(3)23-22(25)20-9-7-19(8-10-20)15-24-12-4-5-13-24/h6-11,14,18H,4-5,12-13,15H2,1-3H3,(H,23,25). The van der Waals surface area contributed by atoms with Crippen LogP contribution in [-0.2, 0) is 6.54 Å². The maximum absolute atomic E-state index is 12.5. The Kier molecular flexibility index (Phi) is 5.54. The average Bonchev–Trinajstić information content (AvgIpc) is 3.08. The molecule has 1 unspecified atom stereocenters. The van der Waals surface area contributed by atoms with Crippen molar-refractivity contribution in [2.24, 2.45) is 0 Å². The summed E-state index contributed by atoms with van der Waals surface area (Å²) in [5.41, 5.74) is 5.63. The SMILES string of the molecule is Cc1ccc(C(C)NC(=O)c2ccc(CN3CCCC3)cc2)c(C)c1. The first-order valence-electron chi connectivity index (χ1n) is 9.22. The summed E-state index contributed by atoms with van der Waals surface area (Å²) >= 11 is 0. The van der Waals surface area contributed by atoms with Crippen LogP contribution < -0.4 is 5.32 Å². The van der Waals surface area contributed by atoms with E-state index in [1.165, 1.54) is 48.2 Å². The zero-order valence-corrected chi connectivity index (χ0v) is 15.5. The highest BCUT2D eigenvalue weighted by molar-refractivity contribution is 5.94. The van der Waals surface area contributed by atoms with Gasteiger partial charge in [-0.2, -0.15) is 0 Å². The lowest BCUT2D eigenvalue weighted by molar-refractivity contribution is 0.0940. The van der Waals surface area contributed by atoms with Gasteiger partial charge in [-0.3, -0.25) is 9.69 Å². The molecule has 1 amide bonds. The van der Waals surface area contributed by atoms with E-state index in [-0.39, 0.29) is 11.9 Å². The van der Waals surface area contributed by atoms with Crippen LogP contribution >= 0.6 is 0 Å². The number of amides is 1. The van der Waals surface area contributed by atoms with Crippen LogP contribution in [0.3, 0.4) is 0 Å². The van der Waals surface area contributed by atoms with Gasteiger partial charge in [-0.25, -0.2) is 0 Å². The first-order valence-corrected chi connectivity index (χ1v) is 9.22. The van der Waals surface area contributed by atoms with Crippen molar-refractivity contribution in [1.29, 1.82) is 0 Å². The second kappa shape index (κ2) is 7.83. The van der Waals surface area contributed by atoms with Gasteiger partial charge in [0.05, 0.1) is 6.04 Å². The van der Waals surface area contributed by atoms with Crippen molar-refractivity contribution in [3.05, 3.63) is 70.3 Å². The third-order valence-corrected chi connectivity index (χ3v) is 5.06. The quantitative estimate of drug-likeness (QED) is 0.878. The van der Waals surface area contributed by atoms with Gasteiger partial charge in [0.1, 0.15) is 0 Å². The molecular formula is C22H28N2O. The number of carbonyl (C=O) groups excluding carboxylic acids is 1. The monoisotopic (exact) mass is 336 g/mol. The number of hydrogen-bond donors (Lipinski definition) is 1. The minimum Gasteiger partial charge on any atom is -0.346 e.